The van der Waals surface area contributed by atoms with Crippen molar-refractivity contribution in [1.29, 1.82) is 0 Å². The van der Waals surface area contributed by atoms with Crippen molar-refractivity contribution in [2.75, 3.05) is 19.6 Å². The first-order valence-corrected chi connectivity index (χ1v) is 6.78. The number of rotatable bonds is 3. The fourth-order valence-corrected chi connectivity index (χ4v) is 3.32. The predicted molar refractivity (Wildman–Crippen MR) is 65.1 cm³/mol. The second-order valence-electron chi connectivity index (χ2n) is 5.40. The molecule has 15 heavy (non-hydrogen) atoms. The Kier molecular flexibility index (Phi) is 4.04. The minimum atomic E-state index is 0.772. The molecule has 0 amide bonds. The second-order valence-corrected chi connectivity index (χ2v) is 5.40. The monoisotopic (exact) mass is 210 g/mol. The van der Waals surface area contributed by atoms with E-state index in [1.807, 2.05) is 0 Å². The lowest BCUT2D eigenvalue weighted by atomic mass is 9.89. The van der Waals surface area contributed by atoms with Crippen LogP contribution in [0.25, 0.3) is 0 Å². The van der Waals surface area contributed by atoms with Gasteiger partial charge in [-0.2, -0.15) is 0 Å². The lowest BCUT2D eigenvalue weighted by Crippen LogP contribution is -2.51. The molecule has 3 unspecified atom stereocenters. The lowest BCUT2D eigenvalue weighted by Gasteiger charge is -2.38. The van der Waals surface area contributed by atoms with Crippen molar-refractivity contribution in [1.82, 2.24) is 10.2 Å². The number of likely N-dealkylation sites (tertiary alicyclic amines) is 1. The van der Waals surface area contributed by atoms with Crippen LogP contribution < -0.4 is 5.32 Å². The van der Waals surface area contributed by atoms with Crippen molar-refractivity contribution in [3.63, 3.8) is 0 Å². The molecule has 0 aromatic heterocycles. The van der Waals surface area contributed by atoms with Gasteiger partial charge in [-0.3, -0.25) is 4.90 Å². The smallest absolute Gasteiger partial charge is 0.0249 e. The third-order valence-corrected chi connectivity index (χ3v) is 4.12. The van der Waals surface area contributed by atoms with E-state index in [4.69, 9.17) is 0 Å². The minimum Gasteiger partial charge on any atom is -0.313 e. The maximum absolute atomic E-state index is 3.68. The summed E-state index contributed by atoms with van der Waals surface area (Å²) in [6.07, 6.45) is 7.10. The van der Waals surface area contributed by atoms with Gasteiger partial charge in [0.1, 0.15) is 0 Å². The van der Waals surface area contributed by atoms with Gasteiger partial charge in [0.25, 0.3) is 0 Å². The van der Waals surface area contributed by atoms with E-state index in [0.29, 0.717) is 0 Å². The van der Waals surface area contributed by atoms with Crippen LogP contribution in [-0.2, 0) is 0 Å². The van der Waals surface area contributed by atoms with E-state index in [1.165, 1.54) is 45.2 Å². The van der Waals surface area contributed by atoms with E-state index < -0.39 is 0 Å². The first-order valence-electron chi connectivity index (χ1n) is 6.78. The van der Waals surface area contributed by atoms with Gasteiger partial charge in [0.2, 0.25) is 0 Å². The Bertz CT molecular complexity index is 186. The molecule has 1 N–H and O–H groups in total. The third-order valence-electron chi connectivity index (χ3n) is 4.12. The number of likely N-dealkylation sites (N-methyl/N-ethyl adjacent to an activating group) is 1. The third kappa shape index (κ3) is 2.73. The Hall–Kier alpha value is -0.0800. The highest BCUT2D eigenvalue weighted by molar-refractivity contribution is 4.90. The number of nitrogens with zero attached hydrogens (tertiary/aromatic N) is 1. The van der Waals surface area contributed by atoms with Gasteiger partial charge >= 0.3 is 0 Å². The summed E-state index contributed by atoms with van der Waals surface area (Å²) in [4.78, 5) is 2.75. The summed E-state index contributed by atoms with van der Waals surface area (Å²) in [5.41, 5.74) is 0. The Morgan fingerprint density at radius 1 is 1.20 bits per heavy atom. The van der Waals surface area contributed by atoms with Crippen LogP contribution in [0.2, 0.25) is 0 Å². The molecule has 1 heterocycles. The van der Waals surface area contributed by atoms with Gasteiger partial charge in [0.05, 0.1) is 0 Å². The largest absolute Gasteiger partial charge is 0.313 e. The van der Waals surface area contributed by atoms with E-state index in [9.17, 15) is 0 Å². The van der Waals surface area contributed by atoms with Crippen LogP contribution in [-0.4, -0.2) is 36.6 Å². The fourth-order valence-electron chi connectivity index (χ4n) is 3.32. The maximum Gasteiger partial charge on any atom is 0.0249 e. The first-order chi connectivity index (χ1) is 7.31. The number of hydrogen-bond donors (Lipinski definition) is 1. The molecule has 2 aliphatic rings. The van der Waals surface area contributed by atoms with Crippen LogP contribution in [0.5, 0.6) is 0 Å². The van der Waals surface area contributed by atoms with Crippen LogP contribution in [0.4, 0.5) is 0 Å². The van der Waals surface area contributed by atoms with Crippen LogP contribution in [0.15, 0.2) is 0 Å². The van der Waals surface area contributed by atoms with Crippen LogP contribution in [0.1, 0.15) is 46.0 Å². The van der Waals surface area contributed by atoms with Crippen molar-refractivity contribution < 1.29 is 0 Å². The summed E-state index contributed by atoms with van der Waals surface area (Å²) in [5, 5.41) is 3.68. The van der Waals surface area contributed by atoms with Crippen molar-refractivity contribution in [2.24, 2.45) is 5.92 Å². The zero-order valence-corrected chi connectivity index (χ0v) is 10.3. The number of nitrogens with one attached hydrogen (secondary N) is 1. The molecule has 1 aliphatic carbocycles. The molecule has 3 atom stereocenters. The van der Waals surface area contributed by atoms with Gasteiger partial charge in [-0.1, -0.05) is 26.7 Å². The standard InChI is InChI=1S/C13H26N2/c1-3-14-12-6-4-5-7-13(12)15-9-8-11(2)10-15/h11-14H,3-10H2,1-2H3. The molecule has 1 saturated carbocycles. The molecule has 1 aliphatic heterocycles. The molecule has 2 nitrogen and oxygen atoms in total. The highest BCUT2D eigenvalue weighted by atomic mass is 15.2. The van der Waals surface area contributed by atoms with Crippen LogP contribution in [0, 0.1) is 5.92 Å². The summed E-state index contributed by atoms with van der Waals surface area (Å²) in [6.45, 7) is 8.44. The molecular formula is C13H26N2. The van der Waals surface area contributed by atoms with Gasteiger partial charge in [0, 0.05) is 18.6 Å². The number of hydrogen-bond acceptors (Lipinski definition) is 2. The van der Waals surface area contributed by atoms with Gasteiger partial charge in [-0.15, -0.1) is 0 Å². The highest BCUT2D eigenvalue weighted by Crippen LogP contribution is 2.27. The SMILES string of the molecule is CCNC1CCCCC1N1CCC(C)C1. The Balaban J connectivity index is 1.92. The predicted octanol–water partition coefficient (Wildman–Crippen LogP) is 2.25. The molecule has 0 spiro atoms. The quantitative estimate of drug-likeness (QED) is 0.768. The van der Waals surface area contributed by atoms with Crippen molar-refractivity contribution >= 4 is 0 Å². The topological polar surface area (TPSA) is 15.3 Å². The highest BCUT2D eigenvalue weighted by Gasteiger charge is 2.32. The van der Waals surface area contributed by atoms with Gasteiger partial charge in [-0.05, 0) is 38.3 Å². The summed E-state index contributed by atoms with van der Waals surface area (Å²) in [6, 6.07) is 1.61. The van der Waals surface area contributed by atoms with Crippen molar-refractivity contribution in [3.8, 4) is 0 Å². The summed E-state index contributed by atoms with van der Waals surface area (Å²) in [5.74, 6) is 0.925. The van der Waals surface area contributed by atoms with Crippen LogP contribution in [0.3, 0.4) is 0 Å². The van der Waals surface area contributed by atoms with E-state index in [2.05, 4.69) is 24.1 Å². The average molecular weight is 210 g/mol. The summed E-state index contributed by atoms with van der Waals surface area (Å²) < 4.78 is 0. The molecule has 0 bridgehead atoms. The minimum absolute atomic E-state index is 0.772. The zero-order chi connectivity index (χ0) is 10.7. The molecule has 1 saturated heterocycles. The van der Waals surface area contributed by atoms with Gasteiger partial charge < -0.3 is 5.32 Å². The molecule has 88 valence electrons. The summed E-state index contributed by atoms with van der Waals surface area (Å²) >= 11 is 0. The van der Waals surface area contributed by atoms with E-state index in [0.717, 1.165) is 24.5 Å². The average Bonchev–Trinajstić information content (AvgIpc) is 2.66. The Labute approximate surface area is 94.4 Å². The first kappa shape index (κ1) is 11.4. The van der Waals surface area contributed by atoms with Crippen molar-refractivity contribution in [3.05, 3.63) is 0 Å². The van der Waals surface area contributed by atoms with Gasteiger partial charge in [0.15, 0.2) is 0 Å². The van der Waals surface area contributed by atoms with Gasteiger partial charge in [-0.25, -0.2) is 0 Å². The van der Waals surface area contributed by atoms with E-state index in [1.54, 1.807) is 0 Å². The Morgan fingerprint density at radius 2 is 2.00 bits per heavy atom. The van der Waals surface area contributed by atoms with Crippen LogP contribution >= 0.6 is 0 Å². The van der Waals surface area contributed by atoms with E-state index in [-0.39, 0.29) is 0 Å². The zero-order valence-electron chi connectivity index (χ0n) is 10.3. The molecule has 0 aromatic carbocycles. The molecule has 2 rings (SSSR count). The van der Waals surface area contributed by atoms with Crippen molar-refractivity contribution in [2.45, 2.75) is 58.0 Å². The molecule has 2 fully saturated rings. The maximum atomic E-state index is 3.68. The lowest BCUT2D eigenvalue weighted by molar-refractivity contribution is 0.146. The molecule has 2 heteroatoms. The van der Waals surface area contributed by atoms with E-state index >= 15 is 0 Å². The Morgan fingerprint density at radius 3 is 2.67 bits per heavy atom. The summed E-state index contributed by atoms with van der Waals surface area (Å²) in [7, 11) is 0. The molecule has 0 aromatic rings. The fraction of sp³-hybridized carbons (Fsp3) is 1.00. The molecular weight excluding hydrogens is 184 g/mol. The second kappa shape index (κ2) is 5.31. The normalized spacial score (nSPS) is 38.4. The molecule has 0 radical (unpaired) electrons.